The minimum absolute atomic E-state index is 0.0101. The Balaban J connectivity index is 1.38. The number of aromatic nitrogens is 1. The molecule has 0 saturated carbocycles. The highest BCUT2D eigenvalue weighted by Crippen LogP contribution is 2.32. The third-order valence-corrected chi connectivity index (χ3v) is 4.51. The van der Waals surface area contributed by atoms with E-state index >= 15 is 0 Å². The van der Waals surface area contributed by atoms with Gasteiger partial charge >= 0.3 is 5.97 Å². The van der Waals surface area contributed by atoms with Gasteiger partial charge in [-0.25, -0.2) is 4.79 Å². The minimum Gasteiger partial charge on any atom is -0.454 e. The van der Waals surface area contributed by atoms with Gasteiger partial charge < -0.3 is 24.5 Å². The van der Waals surface area contributed by atoms with Crippen LogP contribution in [-0.2, 0) is 16.1 Å². The SMILES string of the molecule is C[C@@H](OC(=O)c1cc(=O)c2ccccc2[nH]1)C(=O)NCc1ccc2c(c1)OCO2. The van der Waals surface area contributed by atoms with E-state index < -0.39 is 18.0 Å². The largest absolute Gasteiger partial charge is 0.454 e. The molecule has 0 aliphatic carbocycles. The first-order valence-electron chi connectivity index (χ1n) is 9.00. The Hall–Kier alpha value is -3.81. The third-order valence-electron chi connectivity index (χ3n) is 4.51. The first kappa shape index (κ1) is 18.5. The lowest BCUT2D eigenvalue weighted by Gasteiger charge is -2.14. The van der Waals surface area contributed by atoms with E-state index in [9.17, 15) is 14.4 Å². The predicted molar refractivity (Wildman–Crippen MR) is 104 cm³/mol. The second-order valence-corrected chi connectivity index (χ2v) is 6.55. The molecule has 0 bridgehead atoms. The second-order valence-electron chi connectivity index (χ2n) is 6.55. The van der Waals surface area contributed by atoms with Gasteiger partial charge in [0.05, 0.1) is 0 Å². The zero-order valence-corrected chi connectivity index (χ0v) is 15.6. The van der Waals surface area contributed by atoms with Crippen LogP contribution < -0.4 is 20.2 Å². The van der Waals surface area contributed by atoms with E-state index in [-0.39, 0.29) is 24.5 Å². The van der Waals surface area contributed by atoms with Gasteiger partial charge in [0.25, 0.3) is 5.91 Å². The van der Waals surface area contributed by atoms with E-state index in [4.69, 9.17) is 14.2 Å². The van der Waals surface area contributed by atoms with Crippen molar-refractivity contribution in [3.8, 4) is 11.5 Å². The number of hydrogen-bond acceptors (Lipinski definition) is 6. The third kappa shape index (κ3) is 3.91. The van der Waals surface area contributed by atoms with Gasteiger partial charge in [0.15, 0.2) is 23.0 Å². The minimum atomic E-state index is -1.04. The summed E-state index contributed by atoms with van der Waals surface area (Å²) in [5.74, 6) is 0.0426. The number of para-hydroxylation sites is 1. The summed E-state index contributed by atoms with van der Waals surface area (Å²) in [5, 5.41) is 3.17. The summed E-state index contributed by atoms with van der Waals surface area (Å²) in [4.78, 5) is 39.6. The molecule has 0 unspecified atom stereocenters. The molecule has 2 N–H and O–H groups in total. The second kappa shape index (κ2) is 7.67. The fraction of sp³-hybridized carbons (Fsp3) is 0.190. The summed E-state index contributed by atoms with van der Waals surface area (Å²) in [5.41, 5.74) is 1.03. The number of H-pyrrole nitrogens is 1. The van der Waals surface area contributed by atoms with Crippen molar-refractivity contribution in [1.29, 1.82) is 0 Å². The zero-order chi connectivity index (χ0) is 20.4. The smallest absolute Gasteiger partial charge is 0.355 e. The number of hydrogen-bond donors (Lipinski definition) is 2. The van der Waals surface area contributed by atoms with Gasteiger partial charge in [-0.05, 0) is 36.8 Å². The van der Waals surface area contributed by atoms with Gasteiger partial charge in [-0.1, -0.05) is 18.2 Å². The summed E-state index contributed by atoms with van der Waals surface area (Å²) in [7, 11) is 0. The Kier molecular flexibility index (Phi) is 4.90. The molecule has 1 atom stereocenters. The lowest BCUT2D eigenvalue weighted by molar-refractivity contribution is -0.129. The normalized spacial score (nSPS) is 13.1. The van der Waals surface area contributed by atoms with Crippen LogP contribution in [0.1, 0.15) is 23.0 Å². The fourth-order valence-electron chi connectivity index (χ4n) is 2.97. The number of aromatic amines is 1. The Bertz CT molecular complexity index is 1150. The highest BCUT2D eigenvalue weighted by molar-refractivity contribution is 5.93. The van der Waals surface area contributed by atoms with Crippen molar-refractivity contribution in [3.05, 3.63) is 70.0 Å². The molecule has 1 amide bonds. The van der Waals surface area contributed by atoms with Crippen LogP contribution in [-0.4, -0.2) is 29.8 Å². The van der Waals surface area contributed by atoms with Crippen LogP contribution in [0.25, 0.3) is 10.9 Å². The average Bonchev–Trinajstić information content (AvgIpc) is 3.19. The molecule has 29 heavy (non-hydrogen) atoms. The Morgan fingerprint density at radius 3 is 2.79 bits per heavy atom. The first-order chi connectivity index (χ1) is 14.0. The van der Waals surface area contributed by atoms with Crippen molar-refractivity contribution in [2.24, 2.45) is 0 Å². The molecule has 0 radical (unpaired) electrons. The number of esters is 1. The molecule has 0 fully saturated rings. The number of ether oxygens (including phenoxy) is 3. The van der Waals surface area contributed by atoms with Crippen LogP contribution in [0, 0.1) is 0 Å². The van der Waals surface area contributed by atoms with E-state index in [2.05, 4.69) is 10.3 Å². The molecule has 8 heteroatoms. The maximum atomic E-state index is 12.4. The highest BCUT2D eigenvalue weighted by atomic mass is 16.7. The van der Waals surface area contributed by atoms with Gasteiger partial charge in [-0.3, -0.25) is 9.59 Å². The topological polar surface area (TPSA) is 107 Å². The number of pyridine rings is 1. The van der Waals surface area contributed by atoms with Gasteiger partial charge in [0, 0.05) is 23.5 Å². The molecule has 0 spiro atoms. The number of amides is 1. The summed E-state index contributed by atoms with van der Waals surface area (Å²) in [6.07, 6.45) is -1.04. The standard InChI is InChI=1S/C21H18N2O6/c1-12(20(25)22-10-13-6-7-18-19(8-13)28-11-27-18)29-21(26)16-9-17(24)14-4-2-3-5-15(14)23-16/h2-9,12H,10-11H2,1H3,(H,22,25)(H,23,24)/t12-/m1/s1. The summed E-state index contributed by atoms with van der Waals surface area (Å²) in [6, 6.07) is 13.4. The van der Waals surface area contributed by atoms with Gasteiger partial charge in [-0.15, -0.1) is 0 Å². The molecule has 0 saturated heterocycles. The van der Waals surface area contributed by atoms with E-state index in [1.54, 1.807) is 36.4 Å². The quantitative estimate of drug-likeness (QED) is 0.642. The first-order valence-corrected chi connectivity index (χ1v) is 9.00. The van der Waals surface area contributed by atoms with Crippen molar-refractivity contribution in [3.63, 3.8) is 0 Å². The van der Waals surface area contributed by atoms with Gasteiger partial charge in [0.1, 0.15) is 5.69 Å². The molecule has 1 aliphatic heterocycles. The zero-order valence-electron chi connectivity index (χ0n) is 15.6. The Morgan fingerprint density at radius 1 is 1.14 bits per heavy atom. The van der Waals surface area contributed by atoms with Crippen LogP contribution in [0.2, 0.25) is 0 Å². The summed E-state index contributed by atoms with van der Waals surface area (Å²) in [6.45, 7) is 1.88. The number of benzene rings is 2. The van der Waals surface area contributed by atoms with Crippen molar-refractivity contribution in [2.45, 2.75) is 19.6 Å². The van der Waals surface area contributed by atoms with E-state index in [0.717, 1.165) is 5.56 Å². The van der Waals surface area contributed by atoms with Crippen LogP contribution in [0.15, 0.2) is 53.3 Å². The molecule has 3 aromatic rings. The summed E-state index contributed by atoms with van der Waals surface area (Å²) < 4.78 is 15.7. The summed E-state index contributed by atoms with van der Waals surface area (Å²) >= 11 is 0. The predicted octanol–water partition coefficient (Wildman–Crippen LogP) is 2.12. The van der Waals surface area contributed by atoms with Gasteiger partial charge in [0.2, 0.25) is 6.79 Å². The maximum Gasteiger partial charge on any atom is 0.355 e. The lowest BCUT2D eigenvalue weighted by Crippen LogP contribution is -2.35. The molecular formula is C21H18N2O6. The van der Waals surface area contributed by atoms with Crippen LogP contribution in [0.5, 0.6) is 11.5 Å². The number of rotatable bonds is 5. The Morgan fingerprint density at radius 2 is 1.93 bits per heavy atom. The number of carbonyl (C=O) groups excluding carboxylic acids is 2. The average molecular weight is 394 g/mol. The van der Waals surface area contributed by atoms with Crippen molar-refractivity contribution >= 4 is 22.8 Å². The molecule has 1 aromatic heterocycles. The Labute approximate surface area is 165 Å². The van der Waals surface area contributed by atoms with Gasteiger partial charge in [-0.2, -0.15) is 0 Å². The number of fused-ring (bicyclic) bond motifs is 2. The molecule has 4 rings (SSSR count). The van der Waals surface area contributed by atoms with E-state index in [0.29, 0.717) is 22.4 Å². The van der Waals surface area contributed by atoms with Crippen LogP contribution >= 0.6 is 0 Å². The lowest BCUT2D eigenvalue weighted by atomic mass is 10.2. The molecule has 1 aliphatic rings. The number of carbonyl (C=O) groups is 2. The van der Waals surface area contributed by atoms with E-state index in [1.165, 1.54) is 13.0 Å². The molecule has 2 heterocycles. The number of nitrogens with one attached hydrogen (secondary N) is 2. The van der Waals surface area contributed by atoms with Crippen molar-refractivity contribution < 1.29 is 23.8 Å². The van der Waals surface area contributed by atoms with Crippen molar-refractivity contribution in [1.82, 2.24) is 10.3 Å². The highest BCUT2D eigenvalue weighted by Gasteiger charge is 2.20. The van der Waals surface area contributed by atoms with Crippen molar-refractivity contribution in [2.75, 3.05) is 6.79 Å². The van der Waals surface area contributed by atoms with E-state index in [1.807, 2.05) is 6.07 Å². The van der Waals surface area contributed by atoms with Crippen LogP contribution in [0.4, 0.5) is 0 Å². The maximum absolute atomic E-state index is 12.4. The van der Waals surface area contributed by atoms with Crippen LogP contribution in [0.3, 0.4) is 0 Å². The molecule has 148 valence electrons. The monoisotopic (exact) mass is 394 g/mol. The molecule has 2 aromatic carbocycles. The molecule has 8 nitrogen and oxygen atoms in total. The fourth-order valence-corrected chi connectivity index (χ4v) is 2.97. The molecular weight excluding hydrogens is 376 g/mol.